The van der Waals surface area contributed by atoms with Crippen molar-refractivity contribution in [1.82, 2.24) is 10.2 Å². The minimum Gasteiger partial charge on any atom is -0.481 e. The predicted molar refractivity (Wildman–Crippen MR) is 103 cm³/mol. The average molecular weight is 393 g/mol. The first-order valence-electron chi connectivity index (χ1n) is 9.23. The van der Waals surface area contributed by atoms with E-state index in [9.17, 15) is 19.2 Å². The van der Waals surface area contributed by atoms with Gasteiger partial charge in [-0.3, -0.25) is 19.3 Å². The van der Waals surface area contributed by atoms with Gasteiger partial charge in [0.05, 0.1) is 6.42 Å². The van der Waals surface area contributed by atoms with Crippen LogP contribution in [0.15, 0.2) is 48.5 Å². The molecule has 0 bridgehead atoms. The Kier molecular flexibility index (Phi) is 4.54. The number of aliphatic carboxylic acids is 1. The van der Waals surface area contributed by atoms with Gasteiger partial charge in [0.1, 0.15) is 12.1 Å². The first-order chi connectivity index (χ1) is 13.9. The van der Waals surface area contributed by atoms with E-state index in [4.69, 9.17) is 5.11 Å². The Balaban J connectivity index is 1.51. The lowest BCUT2D eigenvalue weighted by atomic mass is 9.92. The van der Waals surface area contributed by atoms with Crippen molar-refractivity contribution in [2.75, 3.05) is 11.9 Å². The first kappa shape index (κ1) is 18.7. The number of aryl methyl sites for hydroxylation is 1. The zero-order chi connectivity index (χ0) is 20.6. The number of para-hydroxylation sites is 1. The molecule has 1 atom stereocenters. The Morgan fingerprint density at radius 2 is 1.83 bits per heavy atom. The van der Waals surface area contributed by atoms with Gasteiger partial charge in [-0.1, -0.05) is 42.5 Å². The largest absolute Gasteiger partial charge is 0.481 e. The number of anilines is 1. The van der Waals surface area contributed by atoms with Gasteiger partial charge in [0.15, 0.2) is 0 Å². The molecule has 1 saturated heterocycles. The van der Waals surface area contributed by atoms with Gasteiger partial charge in [0, 0.05) is 5.69 Å². The summed E-state index contributed by atoms with van der Waals surface area (Å²) in [5.41, 5.74) is 1.44. The van der Waals surface area contributed by atoms with E-state index in [-0.39, 0.29) is 6.42 Å². The summed E-state index contributed by atoms with van der Waals surface area (Å²) >= 11 is 0. The summed E-state index contributed by atoms with van der Waals surface area (Å²) < 4.78 is 0. The lowest BCUT2D eigenvalue weighted by Gasteiger charge is -2.22. The molecule has 4 amide bonds. The number of nitrogens with one attached hydrogen (secondary N) is 2. The standard InChI is InChI=1S/C21H19N3O5/c25-17(22-16-8-4-2-6-14(16)11-18(26)27)12-24-19(28)21(23-20(24)29)10-9-13-5-1-3-7-15(13)21/h1-8H,9-12H2,(H,22,25)(H,23,29)(H,26,27). The third kappa shape index (κ3) is 3.22. The van der Waals surface area contributed by atoms with Gasteiger partial charge in [-0.25, -0.2) is 4.79 Å². The molecule has 3 N–H and O–H groups in total. The Hall–Kier alpha value is -3.68. The molecular weight excluding hydrogens is 374 g/mol. The summed E-state index contributed by atoms with van der Waals surface area (Å²) in [6.07, 6.45) is 0.876. The van der Waals surface area contributed by atoms with Crippen molar-refractivity contribution in [3.8, 4) is 0 Å². The SMILES string of the molecule is O=C(O)Cc1ccccc1NC(=O)CN1C(=O)NC2(CCc3ccccc32)C1=O. The first-order valence-corrected chi connectivity index (χ1v) is 9.23. The molecule has 1 heterocycles. The molecule has 2 aliphatic rings. The molecule has 0 aromatic heterocycles. The molecule has 0 radical (unpaired) electrons. The molecule has 4 rings (SSSR count). The van der Waals surface area contributed by atoms with E-state index in [0.717, 1.165) is 16.0 Å². The van der Waals surface area contributed by atoms with E-state index < -0.39 is 35.9 Å². The van der Waals surface area contributed by atoms with E-state index in [1.165, 1.54) is 0 Å². The van der Waals surface area contributed by atoms with Gasteiger partial charge in [0.25, 0.3) is 5.91 Å². The molecule has 2 aromatic rings. The third-order valence-corrected chi connectivity index (χ3v) is 5.36. The fourth-order valence-electron chi connectivity index (χ4n) is 4.03. The number of urea groups is 1. The van der Waals surface area contributed by atoms with Crippen LogP contribution in [0, 0.1) is 0 Å². The smallest absolute Gasteiger partial charge is 0.325 e. The minimum atomic E-state index is -1.12. The highest BCUT2D eigenvalue weighted by molar-refractivity contribution is 6.11. The van der Waals surface area contributed by atoms with Gasteiger partial charge in [0.2, 0.25) is 5.91 Å². The number of hydrogen-bond acceptors (Lipinski definition) is 4. The van der Waals surface area contributed by atoms with Crippen LogP contribution >= 0.6 is 0 Å². The summed E-state index contributed by atoms with van der Waals surface area (Å²) in [5, 5.41) is 14.4. The van der Waals surface area contributed by atoms with Gasteiger partial charge < -0.3 is 15.7 Å². The van der Waals surface area contributed by atoms with E-state index in [1.807, 2.05) is 24.3 Å². The van der Waals surface area contributed by atoms with E-state index in [0.29, 0.717) is 24.1 Å². The number of hydrogen-bond donors (Lipinski definition) is 3. The van der Waals surface area contributed by atoms with Crippen molar-refractivity contribution in [3.05, 3.63) is 65.2 Å². The monoisotopic (exact) mass is 393 g/mol. The molecule has 1 aliphatic heterocycles. The summed E-state index contributed by atoms with van der Waals surface area (Å²) in [5.74, 6) is -2.04. The van der Waals surface area contributed by atoms with Crippen molar-refractivity contribution in [2.24, 2.45) is 0 Å². The van der Waals surface area contributed by atoms with Crippen molar-refractivity contribution in [1.29, 1.82) is 0 Å². The fraction of sp³-hybridized carbons (Fsp3) is 0.238. The number of nitrogens with zero attached hydrogens (tertiary/aromatic N) is 1. The highest BCUT2D eigenvalue weighted by atomic mass is 16.4. The highest BCUT2D eigenvalue weighted by Gasteiger charge is 2.55. The van der Waals surface area contributed by atoms with E-state index >= 15 is 0 Å². The molecule has 2 aromatic carbocycles. The van der Waals surface area contributed by atoms with Crippen LogP contribution in [-0.4, -0.2) is 40.4 Å². The summed E-state index contributed by atoms with van der Waals surface area (Å²) in [4.78, 5) is 50.0. The fourth-order valence-corrected chi connectivity index (χ4v) is 4.03. The lowest BCUT2D eigenvalue weighted by Crippen LogP contribution is -2.43. The molecule has 0 saturated carbocycles. The normalized spacial score (nSPS) is 19.9. The van der Waals surface area contributed by atoms with Crippen molar-refractivity contribution >= 4 is 29.5 Å². The van der Waals surface area contributed by atoms with Gasteiger partial charge in [-0.2, -0.15) is 0 Å². The van der Waals surface area contributed by atoms with Crippen LogP contribution in [0.2, 0.25) is 0 Å². The zero-order valence-corrected chi connectivity index (χ0v) is 15.5. The number of fused-ring (bicyclic) bond motifs is 2. The number of imide groups is 1. The summed E-state index contributed by atoms with van der Waals surface area (Å²) in [6, 6.07) is 13.4. The topological polar surface area (TPSA) is 116 Å². The second-order valence-corrected chi connectivity index (χ2v) is 7.16. The number of carbonyl (C=O) groups excluding carboxylic acids is 3. The average Bonchev–Trinajstić information content (AvgIpc) is 3.17. The second-order valence-electron chi connectivity index (χ2n) is 7.16. The van der Waals surface area contributed by atoms with Crippen LogP contribution < -0.4 is 10.6 Å². The number of benzene rings is 2. The van der Waals surface area contributed by atoms with Gasteiger partial charge in [-0.15, -0.1) is 0 Å². The maximum Gasteiger partial charge on any atom is 0.325 e. The van der Waals surface area contributed by atoms with Crippen LogP contribution in [0.1, 0.15) is 23.1 Å². The van der Waals surface area contributed by atoms with Crippen LogP contribution in [0.4, 0.5) is 10.5 Å². The van der Waals surface area contributed by atoms with Crippen LogP contribution in [0.5, 0.6) is 0 Å². The molecule has 1 fully saturated rings. The molecule has 1 unspecified atom stereocenters. The number of carboxylic acids is 1. The number of carboxylic acid groups (broad SMARTS) is 1. The van der Waals surface area contributed by atoms with Gasteiger partial charge >= 0.3 is 12.0 Å². The maximum absolute atomic E-state index is 13.1. The number of amides is 4. The number of carbonyl (C=O) groups is 4. The minimum absolute atomic E-state index is 0.251. The molecule has 1 spiro atoms. The van der Waals surface area contributed by atoms with Crippen LogP contribution in [0.25, 0.3) is 0 Å². The molecule has 1 aliphatic carbocycles. The molecule has 148 valence electrons. The molecule has 29 heavy (non-hydrogen) atoms. The Labute approximate surface area is 166 Å². The molecular formula is C21H19N3O5. The lowest BCUT2D eigenvalue weighted by molar-refractivity contribution is -0.136. The van der Waals surface area contributed by atoms with Crippen molar-refractivity contribution in [2.45, 2.75) is 24.8 Å². The van der Waals surface area contributed by atoms with Gasteiger partial charge in [-0.05, 0) is 35.6 Å². The van der Waals surface area contributed by atoms with E-state index in [2.05, 4.69) is 10.6 Å². The molecule has 8 nitrogen and oxygen atoms in total. The number of rotatable bonds is 5. The highest BCUT2D eigenvalue weighted by Crippen LogP contribution is 2.41. The van der Waals surface area contributed by atoms with Crippen molar-refractivity contribution < 1.29 is 24.3 Å². The molecule has 8 heteroatoms. The Bertz CT molecular complexity index is 1030. The Morgan fingerprint density at radius 1 is 1.10 bits per heavy atom. The van der Waals surface area contributed by atoms with Crippen LogP contribution in [0.3, 0.4) is 0 Å². The zero-order valence-electron chi connectivity index (χ0n) is 15.5. The summed E-state index contributed by atoms with van der Waals surface area (Å²) in [6.45, 7) is -0.448. The van der Waals surface area contributed by atoms with Crippen molar-refractivity contribution in [3.63, 3.8) is 0 Å². The summed E-state index contributed by atoms with van der Waals surface area (Å²) in [7, 11) is 0. The Morgan fingerprint density at radius 3 is 2.62 bits per heavy atom. The predicted octanol–water partition coefficient (Wildman–Crippen LogP) is 1.65. The quantitative estimate of drug-likeness (QED) is 0.668. The third-order valence-electron chi connectivity index (χ3n) is 5.36. The van der Waals surface area contributed by atoms with Crippen LogP contribution in [-0.2, 0) is 32.8 Å². The second kappa shape index (κ2) is 7.05. The van der Waals surface area contributed by atoms with E-state index in [1.54, 1.807) is 24.3 Å². The maximum atomic E-state index is 13.1.